The van der Waals surface area contributed by atoms with Crippen LogP contribution in [-0.4, -0.2) is 49.2 Å². The molecular weight excluding hydrogens is 364 g/mol. The number of halogens is 1. The second kappa shape index (κ2) is 7.84. The predicted octanol–water partition coefficient (Wildman–Crippen LogP) is 1.38. The van der Waals surface area contributed by atoms with Crippen LogP contribution in [0.5, 0.6) is 0 Å². The second-order valence-corrected chi connectivity index (χ2v) is 8.02. The Kier molecular flexibility index (Phi) is 5.75. The molecule has 1 N–H and O–H groups in total. The molecule has 9 heteroatoms. The first-order valence-electron chi connectivity index (χ1n) is 8.00. The van der Waals surface area contributed by atoms with E-state index in [0.717, 1.165) is 44.0 Å². The minimum absolute atomic E-state index is 0.0913. The smallest absolute Gasteiger partial charge is 0.261 e. The van der Waals surface area contributed by atoms with Gasteiger partial charge in [0.25, 0.3) is 10.0 Å². The Morgan fingerprint density at radius 2 is 2.00 bits per heavy atom. The fraction of sp³-hybridized carbons (Fsp3) is 0.438. The molecule has 1 aliphatic heterocycles. The Morgan fingerprint density at radius 1 is 1.28 bits per heavy atom. The molecule has 2 heterocycles. The third-order valence-corrected chi connectivity index (χ3v) is 5.95. The van der Waals surface area contributed by atoms with Gasteiger partial charge in [0, 0.05) is 33.2 Å². The number of nitrogens with zero attached hydrogens (tertiary/aromatic N) is 3. The maximum atomic E-state index is 12.3. The maximum Gasteiger partial charge on any atom is 0.261 e. The van der Waals surface area contributed by atoms with E-state index in [4.69, 9.17) is 16.3 Å². The number of morpholine rings is 1. The Labute approximate surface area is 152 Å². The van der Waals surface area contributed by atoms with Gasteiger partial charge in [-0.2, -0.15) is 0 Å². The van der Waals surface area contributed by atoms with Gasteiger partial charge >= 0.3 is 0 Å². The molecule has 0 spiro atoms. The van der Waals surface area contributed by atoms with Gasteiger partial charge in [0.15, 0.2) is 0 Å². The molecule has 0 radical (unpaired) electrons. The average Bonchev–Trinajstić information content (AvgIpc) is 2.94. The molecule has 0 atom stereocenters. The molecule has 0 aliphatic carbocycles. The zero-order valence-electron chi connectivity index (χ0n) is 14.0. The molecule has 0 unspecified atom stereocenters. The van der Waals surface area contributed by atoms with Gasteiger partial charge in [0.2, 0.25) is 5.03 Å². The number of hydrogen-bond acceptors (Lipinski definition) is 5. The predicted molar refractivity (Wildman–Crippen MR) is 94.8 cm³/mol. The van der Waals surface area contributed by atoms with Crippen LogP contribution in [0, 0.1) is 0 Å². The highest BCUT2D eigenvalue weighted by Gasteiger charge is 2.22. The van der Waals surface area contributed by atoms with E-state index in [0.29, 0.717) is 0 Å². The highest BCUT2D eigenvalue weighted by atomic mass is 35.5. The van der Waals surface area contributed by atoms with Crippen molar-refractivity contribution < 1.29 is 13.2 Å². The van der Waals surface area contributed by atoms with Gasteiger partial charge < -0.3 is 9.30 Å². The number of rotatable bonds is 6. The number of nitrogens with one attached hydrogen (secondary N) is 1. The molecule has 0 bridgehead atoms. The molecule has 2 aromatic rings. The lowest BCUT2D eigenvalue weighted by molar-refractivity contribution is 0.0342. The number of hydrogen-bond donors (Lipinski definition) is 1. The summed E-state index contributed by atoms with van der Waals surface area (Å²) >= 11 is 5.97. The molecule has 136 valence electrons. The third kappa shape index (κ3) is 4.59. The fourth-order valence-corrected chi connectivity index (χ4v) is 4.12. The van der Waals surface area contributed by atoms with Gasteiger partial charge in [-0.25, -0.2) is 18.1 Å². The molecule has 3 rings (SSSR count). The molecule has 1 aromatic carbocycles. The summed E-state index contributed by atoms with van der Waals surface area (Å²) in [5.41, 5.74) is 2.04. The summed E-state index contributed by atoms with van der Waals surface area (Å²) < 4.78 is 34.1. The first-order valence-corrected chi connectivity index (χ1v) is 9.86. The van der Waals surface area contributed by atoms with Crippen molar-refractivity contribution in [1.29, 1.82) is 0 Å². The summed E-state index contributed by atoms with van der Waals surface area (Å²) in [5, 5.41) is -0.0605. The van der Waals surface area contributed by atoms with Crippen LogP contribution in [0.4, 0.5) is 0 Å². The SMILES string of the molecule is Cn1cnc(S(=O)(=O)NCc2cccc(CN3CCOCC3)c2)c1Cl. The van der Waals surface area contributed by atoms with Crippen LogP contribution >= 0.6 is 11.6 Å². The standard InChI is InChI=1S/C16H21ClN4O3S/c1-20-12-18-16(15(20)17)25(22,23)19-10-13-3-2-4-14(9-13)11-21-5-7-24-8-6-21/h2-4,9,12,19H,5-8,10-11H2,1H3. The minimum atomic E-state index is -3.75. The van der Waals surface area contributed by atoms with Crippen molar-refractivity contribution in [3.8, 4) is 0 Å². The highest BCUT2D eigenvalue weighted by molar-refractivity contribution is 7.89. The van der Waals surface area contributed by atoms with E-state index in [1.165, 1.54) is 10.9 Å². The topological polar surface area (TPSA) is 76.5 Å². The number of ether oxygens (including phenoxy) is 1. The van der Waals surface area contributed by atoms with Crippen molar-refractivity contribution in [2.45, 2.75) is 18.1 Å². The van der Waals surface area contributed by atoms with Gasteiger partial charge in [-0.3, -0.25) is 4.90 Å². The molecule has 25 heavy (non-hydrogen) atoms. The van der Waals surface area contributed by atoms with Gasteiger partial charge in [0.05, 0.1) is 19.5 Å². The first kappa shape index (κ1) is 18.3. The van der Waals surface area contributed by atoms with Gasteiger partial charge in [-0.1, -0.05) is 35.9 Å². The Balaban J connectivity index is 1.65. The lowest BCUT2D eigenvalue weighted by Crippen LogP contribution is -2.35. The van der Waals surface area contributed by atoms with Crippen LogP contribution in [0.2, 0.25) is 5.15 Å². The van der Waals surface area contributed by atoms with E-state index in [1.54, 1.807) is 7.05 Å². The molecule has 1 saturated heterocycles. The number of sulfonamides is 1. The highest BCUT2D eigenvalue weighted by Crippen LogP contribution is 2.18. The first-order chi connectivity index (χ1) is 12.0. The van der Waals surface area contributed by atoms with Gasteiger partial charge in [-0.05, 0) is 11.1 Å². The summed E-state index contributed by atoms with van der Waals surface area (Å²) in [6.07, 6.45) is 1.37. The Hall–Kier alpha value is -1.45. The van der Waals surface area contributed by atoms with E-state index in [1.807, 2.05) is 24.3 Å². The Bertz CT molecular complexity index is 832. The average molecular weight is 385 g/mol. The third-order valence-electron chi connectivity index (χ3n) is 4.06. The summed E-state index contributed by atoms with van der Waals surface area (Å²) in [5.74, 6) is 0. The monoisotopic (exact) mass is 384 g/mol. The molecular formula is C16H21ClN4O3S. The number of benzene rings is 1. The Morgan fingerprint density at radius 3 is 2.68 bits per heavy atom. The lowest BCUT2D eigenvalue weighted by atomic mass is 10.1. The zero-order valence-corrected chi connectivity index (χ0v) is 15.6. The summed E-state index contributed by atoms with van der Waals surface area (Å²) in [6.45, 7) is 4.35. The second-order valence-electron chi connectivity index (χ2n) is 5.98. The molecule has 1 aliphatic rings. The van der Waals surface area contributed by atoms with Crippen LogP contribution < -0.4 is 4.72 Å². The fourth-order valence-electron chi connectivity index (χ4n) is 2.68. The molecule has 0 amide bonds. The molecule has 0 saturated carbocycles. The van der Waals surface area contributed by atoms with Crippen LogP contribution in [-0.2, 0) is 34.9 Å². The normalized spacial score (nSPS) is 16.2. The summed E-state index contributed by atoms with van der Waals surface area (Å²) in [4.78, 5) is 6.18. The van der Waals surface area contributed by atoms with Crippen LogP contribution in [0.3, 0.4) is 0 Å². The van der Waals surface area contributed by atoms with E-state index < -0.39 is 10.0 Å². The van der Waals surface area contributed by atoms with Gasteiger partial charge in [-0.15, -0.1) is 0 Å². The quantitative estimate of drug-likeness (QED) is 0.814. The molecule has 7 nitrogen and oxygen atoms in total. The number of aromatic nitrogens is 2. The van der Waals surface area contributed by atoms with Crippen molar-refractivity contribution in [3.63, 3.8) is 0 Å². The summed E-state index contributed by atoms with van der Waals surface area (Å²) in [6, 6.07) is 7.89. The van der Waals surface area contributed by atoms with Crippen molar-refractivity contribution in [1.82, 2.24) is 19.2 Å². The van der Waals surface area contributed by atoms with Crippen LogP contribution in [0.25, 0.3) is 0 Å². The van der Waals surface area contributed by atoms with Crippen molar-refractivity contribution in [2.75, 3.05) is 26.3 Å². The molecule has 1 fully saturated rings. The lowest BCUT2D eigenvalue weighted by Gasteiger charge is -2.26. The van der Waals surface area contributed by atoms with Crippen LogP contribution in [0.1, 0.15) is 11.1 Å². The van der Waals surface area contributed by atoms with E-state index >= 15 is 0 Å². The minimum Gasteiger partial charge on any atom is -0.379 e. The maximum absolute atomic E-state index is 12.3. The van der Waals surface area contributed by atoms with E-state index in [9.17, 15) is 8.42 Å². The summed E-state index contributed by atoms with van der Waals surface area (Å²) in [7, 11) is -2.11. The van der Waals surface area contributed by atoms with Crippen molar-refractivity contribution in [2.24, 2.45) is 7.05 Å². The van der Waals surface area contributed by atoms with Crippen LogP contribution in [0.15, 0.2) is 35.6 Å². The number of aryl methyl sites for hydroxylation is 1. The zero-order chi connectivity index (χ0) is 17.9. The van der Waals surface area contributed by atoms with Gasteiger partial charge in [0.1, 0.15) is 5.15 Å². The van der Waals surface area contributed by atoms with Crippen molar-refractivity contribution >= 4 is 21.6 Å². The molecule has 1 aromatic heterocycles. The number of imidazole rings is 1. The van der Waals surface area contributed by atoms with E-state index in [2.05, 4.69) is 14.6 Å². The van der Waals surface area contributed by atoms with E-state index in [-0.39, 0.29) is 16.7 Å². The largest absolute Gasteiger partial charge is 0.379 e. The van der Waals surface area contributed by atoms with Crippen molar-refractivity contribution in [3.05, 3.63) is 46.9 Å².